The molecule has 7 nitrogen and oxygen atoms in total. The van der Waals surface area contributed by atoms with Gasteiger partial charge in [0.05, 0.1) is 16.1 Å². The van der Waals surface area contributed by atoms with Crippen molar-refractivity contribution >= 4 is 40.4 Å². The first kappa shape index (κ1) is 20.1. The number of anilines is 2. The number of benzene rings is 2. The molecule has 0 saturated heterocycles. The Labute approximate surface area is 171 Å². The number of hydrogen-bond acceptors (Lipinski definition) is 5. The first-order chi connectivity index (χ1) is 14.0. The standard InChI is InChI=1S/C21H19N3O4S/c1-24(21(27)18-7-4-12-29-18)17-6-3-2-5-16(17)20(26)23-14-8-10-15(11-9-14)28-13-19(22)25/h2-12H,13H2,1H3,(H2,22,25)(H,23,26). The third-order valence-electron chi connectivity index (χ3n) is 4.04. The second-order valence-corrected chi connectivity index (χ2v) is 7.04. The maximum Gasteiger partial charge on any atom is 0.268 e. The van der Waals surface area contributed by atoms with Gasteiger partial charge in [-0.05, 0) is 47.8 Å². The van der Waals surface area contributed by atoms with Crippen molar-refractivity contribution in [3.63, 3.8) is 0 Å². The van der Waals surface area contributed by atoms with Crippen LogP contribution in [0, 0.1) is 0 Å². The highest BCUT2D eigenvalue weighted by Gasteiger charge is 2.20. The van der Waals surface area contributed by atoms with Crippen LogP contribution in [0.2, 0.25) is 0 Å². The Hall–Kier alpha value is -3.65. The number of thiophene rings is 1. The number of hydrogen-bond donors (Lipinski definition) is 2. The van der Waals surface area contributed by atoms with Crippen LogP contribution in [-0.4, -0.2) is 31.4 Å². The van der Waals surface area contributed by atoms with Crippen LogP contribution in [0.15, 0.2) is 66.0 Å². The normalized spacial score (nSPS) is 10.2. The van der Waals surface area contributed by atoms with Crippen molar-refractivity contribution < 1.29 is 19.1 Å². The molecule has 3 N–H and O–H groups in total. The number of nitrogens with one attached hydrogen (secondary N) is 1. The van der Waals surface area contributed by atoms with Crippen LogP contribution < -0.4 is 20.7 Å². The van der Waals surface area contributed by atoms with Crippen molar-refractivity contribution in [2.24, 2.45) is 5.73 Å². The van der Waals surface area contributed by atoms with Gasteiger partial charge in [0.15, 0.2) is 6.61 Å². The summed E-state index contributed by atoms with van der Waals surface area (Å²) in [4.78, 5) is 38.3. The lowest BCUT2D eigenvalue weighted by atomic mass is 10.1. The molecule has 0 radical (unpaired) electrons. The predicted molar refractivity (Wildman–Crippen MR) is 113 cm³/mol. The fourth-order valence-corrected chi connectivity index (χ4v) is 3.32. The van der Waals surface area contributed by atoms with Gasteiger partial charge in [-0.3, -0.25) is 14.4 Å². The van der Waals surface area contributed by atoms with Crippen molar-refractivity contribution in [3.05, 3.63) is 76.5 Å². The third-order valence-corrected chi connectivity index (χ3v) is 4.90. The molecule has 0 atom stereocenters. The number of carbonyl (C=O) groups excluding carboxylic acids is 3. The minimum Gasteiger partial charge on any atom is -0.484 e. The van der Waals surface area contributed by atoms with Gasteiger partial charge in [0.25, 0.3) is 17.7 Å². The van der Waals surface area contributed by atoms with Crippen molar-refractivity contribution in [3.8, 4) is 5.75 Å². The van der Waals surface area contributed by atoms with Gasteiger partial charge in [-0.25, -0.2) is 0 Å². The minimum atomic E-state index is -0.569. The van der Waals surface area contributed by atoms with E-state index < -0.39 is 5.91 Å². The summed E-state index contributed by atoms with van der Waals surface area (Å²) in [5, 5.41) is 4.63. The van der Waals surface area contributed by atoms with Gasteiger partial charge in [0.2, 0.25) is 0 Å². The van der Waals surface area contributed by atoms with Crippen molar-refractivity contribution in [2.45, 2.75) is 0 Å². The summed E-state index contributed by atoms with van der Waals surface area (Å²) >= 11 is 1.35. The minimum absolute atomic E-state index is 0.184. The number of ether oxygens (including phenoxy) is 1. The van der Waals surface area contributed by atoms with Crippen molar-refractivity contribution in [1.29, 1.82) is 0 Å². The Bertz CT molecular complexity index is 1020. The SMILES string of the molecule is CN(C(=O)c1cccs1)c1ccccc1C(=O)Nc1ccc(OCC(N)=O)cc1. The first-order valence-corrected chi connectivity index (χ1v) is 9.57. The van der Waals surface area contributed by atoms with Crippen LogP contribution in [0.1, 0.15) is 20.0 Å². The van der Waals surface area contributed by atoms with Crippen LogP contribution in [0.3, 0.4) is 0 Å². The Morgan fingerprint density at radius 3 is 2.41 bits per heavy atom. The largest absolute Gasteiger partial charge is 0.484 e. The molecule has 1 aromatic heterocycles. The van der Waals surface area contributed by atoms with Gasteiger partial charge in [-0.1, -0.05) is 18.2 Å². The summed E-state index contributed by atoms with van der Waals surface area (Å²) < 4.78 is 5.19. The predicted octanol–water partition coefficient (Wildman–Crippen LogP) is 3.14. The van der Waals surface area contributed by atoms with E-state index in [9.17, 15) is 14.4 Å². The summed E-state index contributed by atoms with van der Waals surface area (Å²) in [6.07, 6.45) is 0. The molecule has 0 spiro atoms. The zero-order valence-electron chi connectivity index (χ0n) is 15.6. The number of amides is 3. The van der Waals surface area contributed by atoms with E-state index in [0.29, 0.717) is 27.6 Å². The van der Waals surface area contributed by atoms with Gasteiger partial charge < -0.3 is 20.7 Å². The van der Waals surface area contributed by atoms with Crippen LogP contribution in [0.4, 0.5) is 11.4 Å². The summed E-state index contributed by atoms with van der Waals surface area (Å²) in [6, 6.07) is 17.0. The number of carbonyl (C=O) groups is 3. The summed E-state index contributed by atoms with van der Waals surface area (Å²) in [6.45, 7) is -0.219. The fourth-order valence-electron chi connectivity index (χ4n) is 2.62. The lowest BCUT2D eigenvalue weighted by Gasteiger charge is -2.20. The number of para-hydroxylation sites is 1. The number of rotatable bonds is 7. The molecule has 3 amide bonds. The van der Waals surface area contributed by atoms with E-state index in [1.807, 2.05) is 5.38 Å². The molecule has 148 valence electrons. The second-order valence-electron chi connectivity index (χ2n) is 6.09. The highest BCUT2D eigenvalue weighted by molar-refractivity contribution is 7.12. The van der Waals surface area contributed by atoms with E-state index in [-0.39, 0.29) is 18.4 Å². The van der Waals surface area contributed by atoms with Crippen molar-refractivity contribution in [1.82, 2.24) is 0 Å². The van der Waals surface area contributed by atoms with Crippen LogP contribution >= 0.6 is 11.3 Å². The van der Waals surface area contributed by atoms with Gasteiger partial charge in [0.1, 0.15) is 5.75 Å². The van der Waals surface area contributed by atoms with Crippen LogP contribution in [0.5, 0.6) is 5.75 Å². The van der Waals surface area contributed by atoms with E-state index in [1.54, 1.807) is 67.7 Å². The van der Waals surface area contributed by atoms with E-state index in [4.69, 9.17) is 10.5 Å². The number of nitrogens with zero attached hydrogens (tertiary/aromatic N) is 1. The molecule has 2 aromatic carbocycles. The lowest BCUT2D eigenvalue weighted by Crippen LogP contribution is -2.28. The van der Waals surface area contributed by atoms with E-state index in [0.717, 1.165) is 0 Å². The maximum absolute atomic E-state index is 12.8. The molecule has 0 fully saturated rings. The Morgan fingerprint density at radius 1 is 1.03 bits per heavy atom. The summed E-state index contributed by atoms with van der Waals surface area (Å²) in [5.74, 6) is -0.642. The fraction of sp³-hybridized carbons (Fsp3) is 0.0952. The average Bonchev–Trinajstić information content (AvgIpc) is 3.27. The smallest absolute Gasteiger partial charge is 0.268 e. The molecule has 0 bridgehead atoms. The molecular weight excluding hydrogens is 390 g/mol. The highest BCUT2D eigenvalue weighted by atomic mass is 32.1. The molecule has 0 saturated carbocycles. The number of primary amides is 1. The highest BCUT2D eigenvalue weighted by Crippen LogP contribution is 2.24. The molecule has 8 heteroatoms. The first-order valence-electron chi connectivity index (χ1n) is 8.69. The Kier molecular flexibility index (Phi) is 6.25. The van der Waals surface area contributed by atoms with E-state index >= 15 is 0 Å². The molecule has 29 heavy (non-hydrogen) atoms. The van der Waals surface area contributed by atoms with E-state index in [1.165, 1.54) is 16.2 Å². The Balaban J connectivity index is 1.74. The van der Waals surface area contributed by atoms with Crippen LogP contribution in [-0.2, 0) is 4.79 Å². The molecule has 3 aromatic rings. The zero-order chi connectivity index (χ0) is 20.8. The summed E-state index contributed by atoms with van der Waals surface area (Å²) in [7, 11) is 1.64. The number of nitrogens with two attached hydrogens (primary N) is 1. The van der Waals surface area contributed by atoms with Gasteiger partial charge in [0, 0.05) is 12.7 Å². The lowest BCUT2D eigenvalue weighted by molar-refractivity contribution is -0.119. The monoisotopic (exact) mass is 409 g/mol. The second kappa shape index (κ2) is 9.03. The molecular formula is C21H19N3O4S. The molecule has 0 aliphatic heterocycles. The third kappa shape index (κ3) is 4.99. The topological polar surface area (TPSA) is 102 Å². The van der Waals surface area contributed by atoms with Gasteiger partial charge >= 0.3 is 0 Å². The van der Waals surface area contributed by atoms with E-state index in [2.05, 4.69) is 5.32 Å². The summed E-state index contributed by atoms with van der Waals surface area (Å²) in [5.41, 5.74) is 6.46. The molecule has 3 rings (SSSR count). The van der Waals surface area contributed by atoms with Gasteiger partial charge in [-0.15, -0.1) is 11.3 Å². The molecule has 1 heterocycles. The quantitative estimate of drug-likeness (QED) is 0.626. The molecule has 0 aliphatic rings. The zero-order valence-corrected chi connectivity index (χ0v) is 16.4. The maximum atomic E-state index is 12.8. The van der Waals surface area contributed by atoms with Crippen molar-refractivity contribution in [2.75, 3.05) is 23.9 Å². The Morgan fingerprint density at radius 2 is 1.76 bits per heavy atom. The van der Waals surface area contributed by atoms with Gasteiger partial charge in [-0.2, -0.15) is 0 Å². The van der Waals surface area contributed by atoms with Crippen LogP contribution in [0.25, 0.3) is 0 Å². The average molecular weight is 409 g/mol. The molecule has 0 unspecified atom stereocenters. The molecule has 0 aliphatic carbocycles.